The van der Waals surface area contributed by atoms with Crippen molar-refractivity contribution in [1.82, 2.24) is 14.5 Å². The van der Waals surface area contributed by atoms with Gasteiger partial charge in [0.2, 0.25) is 0 Å². The lowest BCUT2D eigenvalue weighted by Crippen LogP contribution is -1.95. The van der Waals surface area contributed by atoms with Gasteiger partial charge in [-0.25, -0.2) is 9.97 Å². The van der Waals surface area contributed by atoms with Gasteiger partial charge in [-0.2, -0.15) is 5.26 Å². The molecule has 0 radical (unpaired) electrons. The van der Waals surface area contributed by atoms with Crippen LogP contribution in [0.4, 0.5) is 0 Å². The highest BCUT2D eigenvalue weighted by Gasteiger charge is 2.17. The SMILES string of the molecule is Cn1c(-c2ccccc2)nc2nc3ccccc3c(C#N)c21. The van der Waals surface area contributed by atoms with Crippen LogP contribution in [0.3, 0.4) is 0 Å². The molecule has 2 aromatic carbocycles. The second-order valence-electron chi connectivity index (χ2n) is 5.15. The molecule has 2 aromatic heterocycles. The summed E-state index contributed by atoms with van der Waals surface area (Å²) in [5, 5.41) is 10.5. The standard InChI is InChI=1S/C18H12N4/c1-22-16-14(11-19)13-9-5-6-10-15(13)20-17(16)21-18(22)12-7-3-2-4-8-12/h2-10H,1H3. The number of para-hydroxylation sites is 1. The van der Waals surface area contributed by atoms with E-state index in [1.165, 1.54) is 0 Å². The molecule has 4 nitrogen and oxygen atoms in total. The van der Waals surface area contributed by atoms with Crippen LogP contribution >= 0.6 is 0 Å². The van der Waals surface area contributed by atoms with Crippen LogP contribution in [0.15, 0.2) is 54.6 Å². The summed E-state index contributed by atoms with van der Waals surface area (Å²) in [4.78, 5) is 9.25. The lowest BCUT2D eigenvalue weighted by Gasteiger charge is -2.04. The number of nitriles is 1. The van der Waals surface area contributed by atoms with Crippen LogP contribution in [-0.2, 0) is 7.05 Å². The molecule has 104 valence electrons. The minimum atomic E-state index is 0.608. The first-order chi connectivity index (χ1) is 10.8. The zero-order chi connectivity index (χ0) is 15.1. The van der Waals surface area contributed by atoms with Crippen LogP contribution in [0, 0.1) is 11.3 Å². The third kappa shape index (κ3) is 1.69. The van der Waals surface area contributed by atoms with Gasteiger partial charge in [-0.05, 0) is 6.07 Å². The maximum atomic E-state index is 9.62. The maximum Gasteiger partial charge on any atom is 0.180 e. The van der Waals surface area contributed by atoms with Gasteiger partial charge in [-0.1, -0.05) is 48.5 Å². The summed E-state index contributed by atoms with van der Waals surface area (Å²) < 4.78 is 1.95. The molecule has 0 aliphatic carbocycles. The van der Waals surface area contributed by atoms with Crippen LogP contribution in [0.25, 0.3) is 33.5 Å². The molecule has 4 heteroatoms. The predicted octanol–water partition coefficient (Wildman–Crippen LogP) is 3.66. The van der Waals surface area contributed by atoms with Crippen molar-refractivity contribution in [2.75, 3.05) is 0 Å². The Bertz CT molecular complexity index is 1040. The monoisotopic (exact) mass is 284 g/mol. The highest BCUT2D eigenvalue weighted by Crippen LogP contribution is 2.28. The molecule has 0 N–H and O–H groups in total. The van der Waals surface area contributed by atoms with Gasteiger partial charge in [0.05, 0.1) is 11.1 Å². The van der Waals surface area contributed by atoms with Crippen molar-refractivity contribution in [1.29, 1.82) is 5.26 Å². The number of aromatic nitrogens is 3. The third-order valence-electron chi connectivity index (χ3n) is 3.86. The second-order valence-corrected chi connectivity index (χ2v) is 5.15. The topological polar surface area (TPSA) is 54.5 Å². The summed E-state index contributed by atoms with van der Waals surface area (Å²) in [7, 11) is 1.93. The molecule has 4 rings (SSSR count). The van der Waals surface area contributed by atoms with Crippen LogP contribution < -0.4 is 0 Å². The van der Waals surface area contributed by atoms with Crippen molar-refractivity contribution >= 4 is 22.1 Å². The fourth-order valence-electron chi connectivity index (χ4n) is 2.82. The zero-order valence-corrected chi connectivity index (χ0v) is 12.0. The van der Waals surface area contributed by atoms with Gasteiger partial charge in [0.15, 0.2) is 5.65 Å². The fraction of sp³-hybridized carbons (Fsp3) is 0.0556. The van der Waals surface area contributed by atoms with E-state index in [2.05, 4.69) is 16.0 Å². The highest BCUT2D eigenvalue weighted by atomic mass is 15.1. The van der Waals surface area contributed by atoms with E-state index in [4.69, 9.17) is 0 Å². The molecule has 0 aliphatic heterocycles. The second kappa shape index (κ2) is 4.68. The minimum absolute atomic E-state index is 0.608. The van der Waals surface area contributed by atoms with Gasteiger partial charge in [-0.3, -0.25) is 0 Å². The Kier molecular flexibility index (Phi) is 2.67. The average Bonchev–Trinajstić information content (AvgIpc) is 2.90. The van der Waals surface area contributed by atoms with E-state index in [-0.39, 0.29) is 0 Å². The van der Waals surface area contributed by atoms with E-state index in [0.29, 0.717) is 11.2 Å². The van der Waals surface area contributed by atoms with E-state index in [9.17, 15) is 5.26 Å². The maximum absolute atomic E-state index is 9.62. The van der Waals surface area contributed by atoms with Gasteiger partial charge >= 0.3 is 0 Å². The molecule has 0 spiro atoms. The first-order valence-electron chi connectivity index (χ1n) is 7.00. The molecule has 0 unspecified atom stereocenters. The molecule has 0 saturated heterocycles. The van der Waals surface area contributed by atoms with Crippen molar-refractivity contribution in [3.05, 3.63) is 60.2 Å². The van der Waals surface area contributed by atoms with E-state index in [1.54, 1.807) is 0 Å². The summed E-state index contributed by atoms with van der Waals surface area (Å²) in [6.45, 7) is 0. The lowest BCUT2D eigenvalue weighted by atomic mass is 10.1. The molecule has 0 aliphatic rings. The summed E-state index contributed by atoms with van der Waals surface area (Å²) in [5.41, 5.74) is 3.81. The van der Waals surface area contributed by atoms with Crippen LogP contribution in [0.5, 0.6) is 0 Å². The Morgan fingerprint density at radius 1 is 0.955 bits per heavy atom. The predicted molar refractivity (Wildman–Crippen MR) is 86.2 cm³/mol. The fourth-order valence-corrected chi connectivity index (χ4v) is 2.82. The van der Waals surface area contributed by atoms with E-state index in [0.717, 1.165) is 27.8 Å². The summed E-state index contributed by atoms with van der Waals surface area (Å²) in [5.74, 6) is 0.815. The number of rotatable bonds is 1. The number of fused-ring (bicyclic) bond motifs is 2. The smallest absolute Gasteiger partial charge is 0.180 e. The van der Waals surface area contributed by atoms with Crippen LogP contribution in [0.1, 0.15) is 5.56 Å². The number of benzene rings is 2. The molecule has 2 heterocycles. The van der Waals surface area contributed by atoms with Gasteiger partial charge < -0.3 is 4.57 Å². The van der Waals surface area contributed by atoms with E-state index < -0.39 is 0 Å². The van der Waals surface area contributed by atoms with Crippen molar-refractivity contribution < 1.29 is 0 Å². The Morgan fingerprint density at radius 2 is 1.68 bits per heavy atom. The quantitative estimate of drug-likeness (QED) is 0.536. The molecule has 0 saturated carbocycles. The van der Waals surface area contributed by atoms with Gasteiger partial charge in [0, 0.05) is 18.0 Å². The number of nitrogens with zero attached hydrogens (tertiary/aromatic N) is 4. The van der Waals surface area contributed by atoms with Crippen molar-refractivity contribution in [2.45, 2.75) is 0 Å². The number of aryl methyl sites for hydroxylation is 1. The van der Waals surface area contributed by atoms with Crippen LogP contribution in [-0.4, -0.2) is 14.5 Å². The zero-order valence-electron chi connectivity index (χ0n) is 12.0. The summed E-state index contributed by atoms with van der Waals surface area (Å²) >= 11 is 0. The summed E-state index contributed by atoms with van der Waals surface area (Å²) in [6.07, 6.45) is 0. The van der Waals surface area contributed by atoms with Gasteiger partial charge in [0.1, 0.15) is 17.4 Å². The number of pyridine rings is 1. The third-order valence-corrected chi connectivity index (χ3v) is 3.86. The molecule has 0 amide bonds. The molecular formula is C18H12N4. The largest absolute Gasteiger partial charge is 0.325 e. The Labute approximate surface area is 127 Å². The Balaban J connectivity index is 2.15. The highest BCUT2D eigenvalue weighted by molar-refractivity contribution is 5.98. The Hall–Kier alpha value is -3.19. The molecule has 4 aromatic rings. The number of imidazole rings is 1. The van der Waals surface area contributed by atoms with E-state index in [1.807, 2.05) is 66.2 Å². The van der Waals surface area contributed by atoms with Gasteiger partial charge in [-0.15, -0.1) is 0 Å². The first-order valence-corrected chi connectivity index (χ1v) is 7.00. The van der Waals surface area contributed by atoms with E-state index >= 15 is 0 Å². The molecule has 0 fully saturated rings. The summed E-state index contributed by atoms with van der Waals surface area (Å²) in [6, 6.07) is 19.9. The minimum Gasteiger partial charge on any atom is -0.325 e. The lowest BCUT2D eigenvalue weighted by molar-refractivity contribution is 0.958. The molecular weight excluding hydrogens is 272 g/mol. The average molecular weight is 284 g/mol. The van der Waals surface area contributed by atoms with Crippen LogP contribution in [0.2, 0.25) is 0 Å². The van der Waals surface area contributed by atoms with Gasteiger partial charge in [0.25, 0.3) is 0 Å². The number of hydrogen-bond donors (Lipinski definition) is 0. The first kappa shape index (κ1) is 12.5. The van der Waals surface area contributed by atoms with Crippen molar-refractivity contribution in [3.8, 4) is 17.5 Å². The molecule has 22 heavy (non-hydrogen) atoms. The molecule has 0 bridgehead atoms. The Morgan fingerprint density at radius 3 is 2.45 bits per heavy atom. The van der Waals surface area contributed by atoms with Crippen molar-refractivity contribution in [2.24, 2.45) is 7.05 Å². The number of hydrogen-bond acceptors (Lipinski definition) is 3. The normalized spacial score (nSPS) is 10.9. The molecule has 0 atom stereocenters. The van der Waals surface area contributed by atoms with Crippen molar-refractivity contribution in [3.63, 3.8) is 0 Å².